The largest absolute Gasteiger partial charge is 0.382 e. The van der Waals surface area contributed by atoms with Crippen LogP contribution in [0.5, 0.6) is 0 Å². The molecule has 0 aromatic heterocycles. The van der Waals surface area contributed by atoms with E-state index in [1.165, 1.54) is 18.4 Å². The van der Waals surface area contributed by atoms with Crippen molar-refractivity contribution >= 4 is 37.5 Å². The van der Waals surface area contributed by atoms with Crippen LogP contribution in [0, 0.1) is 6.92 Å². The molecule has 2 N–H and O–H groups in total. The van der Waals surface area contributed by atoms with Gasteiger partial charge >= 0.3 is 0 Å². The third kappa shape index (κ3) is 2.99. The summed E-state index contributed by atoms with van der Waals surface area (Å²) < 4.78 is 2.25. The van der Waals surface area contributed by atoms with Crippen molar-refractivity contribution in [2.24, 2.45) is 0 Å². The van der Waals surface area contributed by atoms with Gasteiger partial charge in [0.25, 0.3) is 0 Å². The molecule has 4 heteroatoms. The quantitative estimate of drug-likeness (QED) is 0.871. The molecule has 2 rings (SSSR count). The smallest absolute Gasteiger partial charge is 0.0629 e. The molecule has 0 amide bonds. The van der Waals surface area contributed by atoms with Gasteiger partial charge in [0, 0.05) is 21.5 Å². The third-order valence-corrected chi connectivity index (χ3v) is 4.12. The maximum absolute atomic E-state index is 3.59. The number of rotatable bonds is 3. The average molecular weight is 348 g/mol. The van der Waals surface area contributed by atoms with Gasteiger partial charge in [-0.05, 0) is 75.9 Å². The van der Waals surface area contributed by atoms with Crippen molar-refractivity contribution in [1.29, 1.82) is 0 Å². The van der Waals surface area contributed by atoms with Crippen molar-refractivity contribution in [1.82, 2.24) is 5.32 Å². The number of halogens is 2. The fourth-order valence-electron chi connectivity index (χ4n) is 2.02. The number of nitrogens with one attached hydrogen (secondary N) is 2. The average Bonchev–Trinajstić information content (AvgIpc) is 2.68. The Morgan fingerprint density at radius 3 is 2.62 bits per heavy atom. The van der Waals surface area contributed by atoms with Crippen molar-refractivity contribution in [3.63, 3.8) is 0 Å². The minimum atomic E-state index is 0.611. The van der Waals surface area contributed by atoms with E-state index in [0.717, 1.165) is 27.7 Å². The molecule has 0 bridgehead atoms. The molecule has 1 aliphatic rings. The second-order valence-corrected chi connectivity index (χ2v) is 5.99. The van der Waals surface area contributed by atoms with Crippen LogP contribution in [0.15, 0.2) is 21.1 Å². The SMILES string of the molecule is Cc1cc(Br)c(NCC2CCCN2)c(Br)c1. The molecule has 1 aromatic rings. The highest BCUT2D eigenvalue weighted by atomic mass is 79.9. The Balaban J connectivity index is 2.03. The van der Waals surface area contributed by atoms with E-state index in [1.54, 1.807) is 0 Å². The topological polar surface area (TPSA) is 24.1 Å². The summed E-state index contributed by atoms with van der Waals surface area (Å²) in [6.07, 6.45) is 2.57. The third-order valence-electron chi connectivity index (χ3n) is 2.87. The van der Waals surface area contributed by atoms with E-state index in [9.17, 15) is 0 Å². The van der Waals surface area contributed by atoms with E-state index < -0.39 is 0 Å². The zero-order chi connectivity index (χ0) is 11.5. The van der Waals surface area contributed by atoms with Gasteiger partial charge < -0.3 is 10.6 Å². The van der Waals surface area contributed by atoms with Crippen molar-refractivity contribution in [3.05, 3.63) is 26.6 Å². The highest BCUT2D eigenvalue weighted by molar-refractivity contribution is 9.11. The van der Waals surface area contributed by atoms with E-state index in [-0.39, 0.29) is 0 Å². The van der Waals surface area contributed by atoms with Crippen LogP contribution in [0.1, 0.15) is 18.4 Å². The van der Waals surface area contributed by atoms with Gasteiger partial charge in [0.15, 0.2) is 0 Å². The lowest BCUT2D eigenvalue weighted by molar-refractivity contribution is 0.633. The van der Waals surface area contributed by atoms with Gasteiger partial charge in [-0.1, -0.05) is 0 Å². The van der Waals surface area contributed by atoms with Gasteiger partial charge in [-0.2, -0.15) is 0 Å². The van der Waals surface area contributed by atoms with Crippen LogP contribution < -0.4 is 10.6 Å². The second kappa shape index (κ2) is 5.52. The molecule has 0 spiro atoms. The second-order valence-electron chi connectivity index (χ2n) is 4.28. The first-order valence-corrected chi connectivity index (χ1v) is 7.18. The van der Waals surface area contributed by atoms with E-state index in [2.05, 4.69) is 61.5 Å². The summed E-state index contributed by atoms with van der Waals surface area (Å²) in [5.74, 6) is 0. The molecule has 1 fully saturated rings. The highest BCUT2D eigenvalue weighted by Crippen LogP contribution is 2.32. The predicted molar refractivity (Wildman–Crippen MR) is 76.1 cm³/mol. The summed E-state index contributed by atoms with van der Waals surface area (Å²) in [6.45, 7) is 4.24. The van der Waals surface area contributed by atoms with Crippen molar-refractivity contribution in [2.45, 2.75) is 25.8 Å². The first-order valence-electron chi connectivity index (χ1n) is 5.59. The van der Waals surface area contributed by atoms with Crippen LogP contribution in [0.4, 0.5) is 5.69 Å². The molecule has 1 atom stereocenters. The molecule has 1 heterocycles. The monoisotopic (exact) mass is 346 g/mol. The standard InChI is InChI=1S/C12H16Br2N2/c1-8-5-10(13)12(11(14)6-8)16-7-9-3-2-4-15-9/h5-6,9,15-16H,2-4,7H2,1H3. The van der Waals surface area contributed by atoms with E-state index in [1.807, 2.05) is 0 Å². The van der Waals surface area contributed by atoms with Crippen molar-refractivity contribution < 1.29 is 0 Å². The summed E-state index contributed by atoms with van der Waals surface area (Å²) in [5, 5.41) is 6.98. The minimum Gasteiger partial charge on any atom is -0.382 e. The normalized spacial score (nSPS) is 20.1. The molecule has 0 saturated carbocycles. The molecule has 0 radical (unpaired) electrons. The zero-order valence-electron chi connectivity index (χ0n) is 9.32. The molecule has 16 heavy (non-hydrogen) atoms. The molecule has 2 nitrogen and oxygen atoms in total. The lowest BCUT2D eigenvalue weighted by Crippen LogP contribution is -2.29. The van der Waals surface area contributed by atoms with Gasteiger partial charge in [-0.15, -0.1) is 0 Å². The number of hydrogen-bond acceptors (Lipinski definition) is 2. The number of anilines is 1. The Labute approximate surface area is 113 Å². The van der Waals surface area contributed by atoms with Crippen molar-refractivity contribution in [3.8, 4) is 0 Å². The molecule has 1 aromatic carbocycles. The van der Waals surface area contributed by atoms with Gasteiger partial charge in [0.1, 0.15) is 0 Å². The van der Waals surface area contributed by atoms with Gasteiger partial charge in [-0.3, -0.25) is 0 Å². The van der Waals surface area contributed by atoms with Crippen molar-refractivity contribution in [2.75, 3.05) is 18.4 Å². The summed E-state index contributed by atoms with van der Waals surface area (Å²) in [4.78, 5) is 0. The maximum atomic E-state index is 3.59. The van der Waals surface area contributed by atoms with Crippen LogP contribution in [0.2, 0.25) is 0 Å². The Kier molecular flexibility index (Phi) is 4.27. The maximum Gasteiger partial charge on any atom is 0.0629 e. The van der Waals surface area contributed by atoms with E-state index in [4.69, 9.17) is 0 Å². The summed E-state index contributed by atoms with van der Waals surface area (Å²) in [5.41, 5.74) is 2.41. The van der Waals surface area contributed by atoms with E-state index >= 15 is 0 Å². The number of benzene rings is 1. The number of aryl methyl sites for hydroxylation is 1. The Bertz CT molecular complexity index is 350. The van der Waals surface area contributed by atoms with Crippen LogP contribution in [0.25, 0.3) is 0 Å². The van der Waals surface area contributed by atoms with E-state index in [0.29, 0.717) is 6.04 Å². The fourth-order valence-corrected chi connectivity index (χ4v) is 3.72. The first-order chi connectivity index (χ1) is 7.66. The Morgan fingerprint density at radius 1 is 1.38 bits per heavy atom. The van der Waals surface area contributed by atoms with Gasteiger partial charge in [0.05, 0.1) is 5.69 Å². The van der Waals surface area contributed by atoms with Crippen LogP contribution in [-0.4, -0.2) is 19.1 Å². The van der Waals surface area contributed by atoms with Crippen LogP contribution >= 0.6 is 31.9 Å². The lowest BCUT2D eigenvalue weighted by atomic mass is 10.2. The molecule has 1 unspecified atom stereocenters. The fraction of sp³-hybridized carbons (Fsp3) is 0.500. The molecular weight excluding hydrogens is 332 g/mol. The van der Waals surface area contributed by atoms with Crippen LogP contribution in [-0.2, 0) is 0 Å². The summed E-state index contributed by atoms with van der Waals surface area (Å²) >= 11 is 7.19. The molecule has 0 aliphatic carbocycles. The minimum absolute atomic E-state index is 0.611. The number of hydrogen-bond donors (Lipinski definition) is 2. The predicted octanol–water partition coefficient (Wildman–Crippen LogP) is 3.68. The zero-order valence-corrected chi connectivity index (χ0v) is 12.5. The van der Waals surface area contributed by atoms with Crippen LogP contribution in [0.3, 0.4) is 0 Å². The Hall–Kier alpha value is -0.0600. The van der Waals surface area contributed by atoms with Gasteiger partial charge in [-0.25, -0.2) is 0 Å². The summed E-state index contributed by atoms with van der Waals surface area (Å²) in [7, 11) is 0. The highest BCUT2D eigenvalue weighted by Gasteiger charge is 2.14. The molecule has 88 valence electrons. The lowest BCUT2D eigenvalue weighted by Gasteiger charge is -2.15. The Morgan fingerprint density at radius 2 is 2.06 bits per heavy atom. The van der Waals surface area contributed by atoms with Gasteiger partial charge in [0.2, 0.25) is 0 Å². The molecular formula is C12H16Br2N2. The molecule has 1 aliphatic heterocycles. The first kappa shape index (κ1) is 12.4. The molecule has 1 saturated heterocycles. The summed E-state index contributed by atoms with van der Waals surface area (Å²) in [6, 6.07) is 4.88.